The molecule has 20 heavy (non-hydrogen) atoms. The number of halogens is 1. The van der Waals surface area contributed by atoms with Gasteiger partial charge < -0.3 is 9.47 Å². The van der Waals surface area contributed by atoms with Gasteiger partial charge in [-0.2, -0.15) is 0 Å². The van der Waals surface area contributed by atoms with Crippen LogP contribution in [0.4, 0.5) is 0 Å². The maximum Gasteiger partial charge on any atom is 0.352 e. The Kier molecular flexibility index (Phi) is 4.96. The number of ether oxygens (including phenoxy) is 2. The summed E-state index contributed by atoms with van der Waals surface area (Å²) >= 11 is 5.95. The van der Waals surface area contributed by atoms with Crippen LogP contribution in [-0.2, 0) is 9.53 Å². The normalized spacial score (nSPS) is 11.7. The van der Waals surface area contributed by atoms with E-state index in [1.807, 2.05) is 18.2 Å². The fourth-order valence-electron chi connectivity index (χ4n) is 1.68. The van der Waals surface area contributed by atoms with Crippen LogP contribution >= 0.6 is 11.6 Å². The minimum Gasteiger partial charge on any atom is -0.471 e. The highest BCUT2D eigenvalue weighted by atomic mass is 35.5. The van der Waals surface area contributed by atoms with Crippen LogP contribution in [0.1, 0.15) is 18.6 Å². The summed E-state index contributed by atoms with van der Waals surface area (Å²) in [5.41, 5.74) is 0.700. The molecular weight excluding hydrogens is 278 g/mol. The van der Waals surface area contributed by atoms with E-state index in [2.05, 4.69) is 4.98 Å². The van der Waals surface area contributed by atoms with Gasteiger partial charge in [0.25, 0.3) is 0 Å². The minimum absolute atomic E-state index is 0.206. The van der Waals surface area contributed by atoms with Gasteiger partial charge in [0, 0.05) is 11.8 Å². The first-order valence-electron chi connectivity index (χ1n) is 6.21. The largest absolute Gasteiger partial charge is 0.471 e. The van der Waals surface area contributed by atoms with Gasteiger partial charge >= 0.3 is 5.97 Å². The van der Waals surface area contributed by atoms with E-state index in [0.717, 1.165) is 0 Å². The van der Waals surface area contributed by atoms with Gasteiger partial charge in [-0.3, -0.25) is 0 Å². The van der Waals surface area contributed by atoms with E-state index in [0.29, 0.717) is 11.3 Å². The number of pyridine rings is 1. The molecule has 0 fully saturated rings. The summed E-state index contributed by atoms with van der Waals surface area (Å²) in [4.78, 5) is 16.0. The zero-order valence-electron chi connectivity index (χ0n) is 11.0. The molecule has 0 aliphatic carbocycles. The van der Waals surface area contributed by atoms with Crippen molar-refractivity contribution in [2.45, 2.75) is 13.0 Å². The highest BCUT2D eigenvalue weighted by Crippen LogP contribution is 2.27. The van der Waals surface area contributed by atoms with Crippen molar-refractivity contribution in [3.8, 4) is 5.75 Å². The van der Waals surface area contributed by atoms with Crippen LogP contribution in [0.2, 0.25) is 5.15 Å². The van der Waals surface area contributed by atoms with Crippen molar-refractivity contribution in [2.75, 3.05) is 6.61 Å². The lowest BCUT2D eigenvalue weighted by molar-refractivity contribution is -0.151. The van der Waals surface area contributed by atoms with Gasteiger partial charge in [-0.1, -0.05) is 41.9 Å². The number of aromatic nitrogens is 1. The zero-order chi connectivity index (χ0) is 14.4. The summed E-state index contributed by atoms with van der Waals surface area (Å²) in [6.07, 6.45) is 0.690. The van der Waals surface area contributed by atoms with E-state index in [1.54, 1.807) is 37.4 Å². The highest BCUT2D eigenvalue weighted by Gasteiger charge is 2.24. The maximum atomic E-state index is 12.0. The Labute approximate surface area is 122 Å². The second-order valence-electron chi connectivity index (χ2n) is 3.95. The Morgan fingerprint density at radius 2 is 2.00 bits per heavy atom. The van der Waals surface area contributed by atoms with Crippen LogP contribution in [0.15, 0.2) is 48.7 Å². The standard InChI is InChI=1S/C15H14ClNO3/c1-2-19-15(18)13(11-7-4-3-5-8-11)20-12-9-6-10-17-14(12)16/h3-10,13H,2H2,1H3. The molecular formula is C15H14ClNO3. The molecule has 0 aliphatic heterocycles. The highest BCUT2D eigenvalue weighted by molar-refractivity contribution is 6.30. The summed E-state index contributed by atoms with van der Waals surface area (Å²) in [6.45, 7) is 2.03. The van der Waals surface area contributed by atoms with E-state index >= 15 is 0 Å². The second kappa shape index (κ2) is 6.91. The Bertz CT molecular complexity index is 574. The molecule has 0 amide bonds. The van der Waals surface area contributed by atoms with Gasteiger partial charge in [0.15, 0.2) is 10.9 Å². The van der Waals surface area contributed by atoms with Crippen molar-refractivity contribution in [3.63, 3.8) is 0 Å². The summed E-state index contributed by atoms with van der Waals surface area (Å²) in [5.74, 6) is -0.116. The number of carbonyl (C=O) groups excluding carboxylic acids is 1. The van der Waals surface area contributed by atoms with Gasteiger partial charge in [-0.25, -0.2) is 9.78 Å². The molecule has 104 valence electrons. The molecule has 2 rings (SSSR count). The Hall–Kier alpha value is -2.07. The second-order valence-corrected chi connectivity index (χ2v) is 4.31. The quantitative estimate of drug-likeness (QED) is 0.625. The van der Waals surface area contributed by atoms with E-state index in [-0.39, 0.29) is 11.8 Å². The Morgan fingerprint density at radius 1 is 1.25 bits per heavy atom. The van der Waals surface area contributed by atoms with Crippen molar-refractivity contribution < 1.29 is 14.3 Å². The van der Waals surface area contributed by atoms with Crippen LogP contribution < -0.4 is 4.74 Å². The van der Waals surface area contributed by atoms with Crippen LogP contribution in [0, 0.1) is 0 Å². The smallest absolute Gasteiger partial charge is 0.352 e. The predicted molar refractivity (Wildman–Crippen MR) is 75.7 cm³/mol. The van der Waals surface area contributed by atoms with Crippen molar-refractivity contribution in [1.82, 2.24) is 4.98 Å². The third-order valence-corrected chi connectivity index (χ3v) is 2.86. The molecule has 1 aromatic carbocycles. The summed E-state index contributed by atoms with van der Waals surface area (Å²) in [5, 5.41) is 0.206. The molecule has 0 saturated carbocycles. The van der Waals surface area contributed by atoms with Crippen LogP contribution in [-0.4, -0.2) is 17.6 Å². The first kappa shape index (κ1) is 14.3. The molecule has 0 aliphatic rings. The fourth-order valence-corrected chi connectivity index (χ4v) is 1.85. The van der Waals surface area contributed by atoms with Crippen molar-refractivity contribution in [2.24, 2.45) is 0 Å². The van der Waals surface area contributed by atoms with Gasteiger partial charge in [0.2, 0.25) is 6.10 Å². The number of nitrogens with zero attached hydrogens (tertiary/aromatic N) is 1. The number of hydrogen-bond acceptors (Lipinski definition) is 4. The molecule has 1 unspecified atom stereocenters. The zero-order valence-corrected chi connectivity index (χ0v) is 11.7. The predicted octanol–water partition coefficient (Wildman–Crippen LogP) is 3.42. The molecule has 0 N–H and O–H groups in total. The third-order valence-electron chi connectivity index (χ3n) is 2.57. The average Bonchev–Trinajstić information content (AvgIpc) is 2.47. The van der Waals surface area contributed by atoms with Crippen LogP contribution in [0.25, 0.3) is 0 Å². The van der Waals surface area contributed by atoms with Crippen molar-refractivity contribution in [3.05, 3.63) is 59.4 Å². The fraction of sp³-hybridized carbons (Fsp3) is 0.200. The van der Waals surface area contributed by atoms with E-state index < -0.39 is 12.1 Å². The topological polar surface area (TPSA) is 48.4 Å². The molecule has 0 bridgehead atoms. The molecule has 1 aromatic heterocycles. The number of rotatable bonds is 5. The number of hydrogen-bond donors (Lipinski definition) is 0. The Balaban J connectivity index is 2.28. The first-order valence-corrected chi connectivity index (χ1v) is 6.59. The molecule has 5 heteroatoms. The molecule has 1 atom stereocenters. The summed E-state index contributed by atoms with van der Waals surface area (Å²) in [6, 6.07) is 12.5. The monoisotopic (exact) mass is 291 g/mol. The van der Waals surface area contributed by atoms with Gasteiger partial charge in [-0.05, 0) is 19.1 Å². The SMILES string of the molecule is CCOC(=O)C(Oc1cccnc1Cl)c1ccccc1. The third kappa shape index (κ3) is 3.48. The lowest BCUT2D eigenvalue weighted by Crippen LogP contribution is -2.21. The molecule has 2 aromatic rings. The van der Waals surface area contributed by atoms with Crippen LogP contribution in [0.3, 0.4) is 0 Å². The van der Waals surface area contributed by atoms with Gasteiger partial charge in [-0.15, -0.1) is 0 Å². The molecule has 0 saturated heterocycles. The van der Waals surface area contributed by atoms with Gasteiger partial charge in [0.05, 0.1) is 6.61 Å². The lowest BCUT2D eigenvalue weighted by atomic mass is 10.1. The average molecular weight is 292 g/mol. The maximum absolute atomic E-state index is 12.0. The molecule has 1 heterocycles. The van der Waals surface area contributed by atoms with Crippen molar-refractivity contribution in [1.29, 1.82) is 0 Å². The van der Waals surface area contributed by atoms with E-state index in [9.17, 15) is 4.79 Å². The van der Waals surface area contributed by atoms with Crippen molar-refractivity contribution >= 4 is 17.6 Å². The minimum atomic E-state index is -0.863. The lowest BCUT2D eigenvalue weighted by Gasteiger charge is -2.18. The number of benzene rings is 1. The number of carbonyl (C=O) groups is 1. The Morgan fingerprint density at radius 3 is 2.65 bits per heavy atom. The summed E-state index contributed by atoms with van der Waals surface area (Å²) in [7, 11) is 0. The number of esters is 1. The van der Waals surface area contributed by atoms with Gasteiger partial charge in [0.1, 0.15) is 0 Å². The van der Waals surface area contributed by atoms with E-state index in [1.165, 1.54) is 0 Å². The van der Waals surface area contributed by atoms with E-state index in [4.69, 9.17) is 21.1 Å². The summed E-state index contributed by atoms with van der Waals surface area (Å²) < 4.78 is 10.7. The first-order chi connectivity index (χ1) is 9.72. The molecule has 0 spiro atoms. The molecule has 0 radical (unpaired) electrons. The molecule has 4 nitrogen and oxygen atoms in total. The van der Waals surface area contributed by atoms with Crippen LogP contribution in [0.5, 0.6) is 5.75 Å².